The van der Waals surface area contributed by atoms with E-state index < -0.39 is 16.4 Å². The molecule has 0 saturated carbocycles. The molecule has 0 unspecified atom stereocenters. The molecule has 1 aromatic carbocycles. The van der Waals surface area contributed by atoms with Crippen molar-refractivity contribution in [2.75, 3.05) is 26.2 Å². The molecule has 1 heterocycles. The minimum atomic E-state index is -0.661. The van der Waals surface area contributed by atoms with Crippen molar-refractivity contribution in [3.05, 3.63) is 33.4 Å². The summed E-state index contributed by atoms with van der Waals surface area (Å²) in [6.07, 6.45) is 3.10. The Hall–Kier alpha value is -2.41. The third kappa shape index (κ3) is 4.11. The van der Waals surface area contributed by atoms with E-state index in [1.54, 1.807) is 13.0 Å². The highest BCUT2D eigenvalue weighted by molar-refractivity contribution is 6.00. The summed E-state index contributed by atoms with van der Waals surface area (Å²) in [7, 11) is 0. The van der Waals surface area contributed by atoms with Crippen molar-refractivity contribution in [3.63, 3.8) is 0 Å². The minimum absolute atomic E-state index is 0.0484. The summed E-state index contributed by atoms with van der Waals surface area (Å²) in [5.41, 5.74) is 0.670. The number of phenols is 1. The molecule has 24 heavy (non-hydrogen) atoms. The molecule has 1 N–H and O–H groups in total. The number of nitrogens with zero attached hydrogens (tertiary/aromatic N) is 2. The number of phenolic OH excluding ortho intramolecular Hbond substituents is 1. The molecule has 0 amide bonds. The first kappa shape index (κ1) is 17.9. The van der Waals surface area contributed by atoms with Crippen LogP contribution in [0.3, 0.4) is 0 Å². The highest BCUT2D eigenvalue weighted by Gasteiger charge is 2.23. The van der Waals surface area contributed by atoms with Gasteiger partial charge in [-0.25, -0.2) is 0 Å². The van der Waals surface area contributed by atoms with E-state index in [4.69, 9.17) is 4.74 Å². The number of aromatic hydroxyl groups is 1. The number of carbonyl (C=O) groups excluding carboxylic acids is 1. The summed E-state index contributed by atoms with van der Waals surface area (Å²) in [5.74, 6) is -0.394. The zero-order valence-corrected chi connectivity index (χ0v) is 13.9. The van der Waals surface area contributed by atoms with E-state index in [1.807, 2.05) is 0 Å². The highest BCUT2D eigenvalue weighted by atomic mass is 16.6. The Morgan fingerprint density at radius 2 is 2.17 bits per heavy atom. The van der Waals surface area contributed by atoms with E-state index >= 15 is 0 Å². The van der Waals surface area contributed by atoms with Crippen LogP contribution in [0.15, 0.2) is 17.7 Å². The molecule has 7 nitrogen and oxygen atoms in total. The fourth-order valence-electron chi connectivity index (χ4n) is 2.76. The molecule has 7 heteroatoms. The molecule has 1 saturated heterocycles. The summed E-state index contributed by atoms with van der Waals surface area (Å²) in [6.45, 7) is 6.26. The molecule has 0 atom stereocenters. The summed E-state index contributed by atoms with van der Waals surface area (Å²) in [5, 5.41) is 21.0. The topological polar surface area (TPSA) is 92.9 Å². The molecule has 0 aliphatic carbocycles. The molecule has 1 aromatic rings. The van der Waals surface area contributed by atoms with Gasteiger partial charge in [-0.3, -0.25) is 19.8 Å². The fourth-order valence-corrected chi connectivity index (χ4v) is 2.76. The number of ether oxygens (including phenoxy) is 1. The third-order valence-electron chi connectivity index (χ3n) is 3.86. The predicted octanol–water partition coefficient (Wildman–Crippen LogP) is 2.77. The number of likely N-dealkylation sites (tertiary alicyclic amines) is 1. The van der Waals surface area contributed by atoms with Gasteiger partial charge in [0.05, 0.1) is 11.5 Å². The monoisotopic (exact) mass is 334 g/mol. The lowest BCUT2D eigenvalue weighted by Crippen LogP contribution is -2.36. The number of nitro groups is 1. The number of Topliss-reactive ketones (excluding diaryl/α,β-unsaturated/α-hetero) is 1. The van der Waals surface area contributed by atoms with E-state index in [1.165, 1.54) is 12.1 Å². The van der Waals surface area contributed by atoms with Crippen LogP contribution in [0.4, 0.5) is 5.69 Å². The van der Waals surface area contributed by atoms with Crippen LogP contribution in [-0.2, 0) is 4.79 Å². The lowest BCUT2D eigenvalue weighted by Gasteiger charge is -2.27. The van der Waals surface area contributed by atoms with Gasteiger partial charge in [-0.05, 0) is 37.6 Å². The molecular formula is C17H22N2O5. The van der Waals surface area contributed by atoms with Crippen LogP contribution in [0, 0.1) is 10.1 Å². The van der Waals surface area contributed by atoms with Crippen molar-refractivity contribution in [1.82, 2.24) is 4.90 Å². The van der Waals surface area contributed by atoms with E-state index in [0.29, 0.717) is 24.1 Å². The average Bonchev–Trinajstić information content (AvgIpc) is 2.53. The molecule has 0 bridgehead atoms. The van der Waals surface area contributed by atoms with Gasteiger partial charge in [0.15, 0.2) is 11.5 Å². The average molecular weight is 334 g/mol. The summed E-state index contributed by atoms with van der Waals surface area (Å²) < 4.78 is 5.26. The van der Waals surface area contributed by atoms with Gasteiger partial charge in [-0.2, -0.15) is 0 Å². The summed E-state index contributed by atoms with van der Waals surface area (Å²) in [6, 6.07) is 2.78. The van der Waals surface area contributed by atoms with Crippen LogP contribution in [0.1, 0.15) is 32.3 Å². The first-order chi connectivity index (χ1) is 11.5. The summed E-state index contributed by atoms with van der Waals surface area (Å²) in [4.78, 5) is 24.8. The van der Waals surface area contributed by atoms with Crippen LogP contribution in [0.5, 0.6) is 11.5 Å². The maximum Gasteiger partial charge on any atom is 0.315 e. The Morgan fingerprint density at radius 3 is 2.79 bits per heavy atom. The smallest absolute Gasteiger partial charge is 0.315 e. The fraction of sp³-hybridized carbons (Fsp3) is 0.471. The molecule has 1 aliphatic rings. The number of ketones is 1. The molecular weight excluding hydrogens is 312 g/mol. The molecule has 0 radical (unpaired) electrons. The maximum atomic E-state index is 12.1. The largest absolute Gasteiger partial charge is 0.500 e. The lowest BCUT2D eigenvalue weighted by molar-refractivity contribution is -0.386. The molecule has 0 spiro atoms. The van der Waals surface area contributed by atoms with Crippen molar-refractivity contribution in [2.24, 2.45) is 0 Å². The second-order valence-electron chi connectivity index (χ2n) is 5.70. The lowest BCUT2D eigenvalue weighted by atomic mass is 9.99. The standard InChI is InChI=1S/C17H22N2O5/c1-3-6-18-7-5-15(20)13(11-18)8-12-9-14(19(22)23)17(21)16(10-12)24-4-2/h8-10,21H,3-7,11H2,1-2H3/b13-8+. The van der Waals surface area contributed by atoms with Gasteiger partial charge in [-0.1, -0.05) is 6.92 Å². The van der Waals surface area contributed by atoms with Crippen LogP contribution < -0.4 is 4.74 Å². The first-order valence-corrected chi connectivity index (χ1v) is 8.06. The third-order valence-corrected chi connectivity index (χ3v) is 3.86. The van der Waals surface area contributed by atoms with Gasteiger partial charge in [0.1, 0.15) is 0 Å². The van der Waals surface area contributed by atoms with Crippen LogP contribution in [0.2, 0.25) is 0 Å². The Bertz CT molecular complexity index is 669. The minimum Gasteiger partial charge on any atom is -0.500 e. The van der Waals surface area contributed by atoms with Gasteiger partial charge in [-0.15, -0.1) is 0 Å². The number of piperidine rings is 1. The Morgan fingerprint density at radius 1 is 1.42 bits per heavy atom. The predicted molar refractivity (Wildman–Crippen MR) is 90.3 cm³/mol. The van der Waals surface area contributed by atoms with Crippen molar-refractivity contribution in [3.8, 4) is 11.5 Å². The van der Waals surface area contributed by atoms with Crippen molar-refractivity contribution in [1.29, 1.82) is 0 Å². The summed E-state index contributed by atoms with van der Waals surface area (Å²) >= 11 is 0. The molecule has 2 rings (SSSR count). The van der Waals surface area contributed by atoms with Gasteiger partial charge >= 0.3 is 5.69 Å². The normalized spacial score (nSPS) is 17.2. The second kappa shape index (κ2) is 7.92. The molecule has 1 aliphatic heterocycles. The van der Waals surface area contributed by atoms with Crippen LogP contribution in [-0.4, -0.2) is 47.0 Å². The zero-order valence-electron chi connectivity index (χ0n) is 13.9. The number of hydrogen-bond acceptors (Lipinski definition) is 6. The van der Waals surface area contributed by atoms with Crippen molar-refractivity contribution in [2.45, 2.75) is 26.7 Å². The second-order valence-corrected chi connectivity index (χ2v) is 5.70. The Balaban J connectivity index is 2.39. The number of hydrogen-bond donors (Lipinski definition) is 1. The SMILES string of the molecule is CCCN1CCC(=O)/C(=C/c2cc(OCC)c(O)c([N+](=O)[O-])c2)C1. The maximum absolute atomic E-state index is 12.1. The van der Waals surface area contributed by atoms with Gasteiger partial charge in [0, 0.05) is 31.1 Å². The first-order valence-electron chi connectivity index (χ1n) is 8.06. The Kier molecular flexibility index (Phi) is 5.92. The van der Waals surface area contributed by atoms with E-state index in [-0.39, 0.29) is 18.1 Å². The van der Waals surface area contributed by atoms with Crippen molar-refractivity contribution >= 4 is 17.5 Å². The number of nitro benzene ring substituents is 1. The zero-order chi connectivity index (χ0) is 17.7. The van der Waals surface area contributed by atoms with Gasteiger partial charge < -0.3 is 9.84 Å². The van der Waals surface area contributed by atoms with E-state index in [9.17, 15) is 20.0 Å². The van der Waals surface area contributed by atoms with E-state index in [2.05, 4.69) is 11.8 Å². The highest BCUT2D eigenvalue weighted by Crippen LogP contribution is 2.37. The molecule has 130 valence electrons. The molecule has 0 aromatic heterocycles. The molecule has 1 fully saturated rings. The van der Waals surface area contributed by atoms with Crippen LogP contribution >= 0.6 is 0 Å². The van der Waals surface area contributed by atoms with E-state index in [0.717, 1.165) is 19.5 Å². The van der Waals surface area contributed by atoms with Gasteiger partial charge in [0.2, 0.25) is 5.75 Å². The van der Waals surface area contributed by atoms with Crippen LogP contribution in [0.25, 0.3) is 6.08 Å². The van der Waals surface area contributed by atoms with Crippen molar-refractivity contribution < 1.29 is 19.6 Å². The quantitative estimate of drug-likeness (QED) is 0.488. The van der Waals surface area contributed by atoms with Gasteiger partial charge in [0.25, 0.3) is 0 Å². The number of carbonyl (C=O) groups is 1. The number of rotatable bonds is 6. The Labute approximate surface area is 140 Å². The number of benzene rings is 1.